The summed E-state index contributed by atoms with van der Waals surface area (Å²) in [6.45, 7) is 2.64. The second kappa shape index (κ2) is 10.8. The lowest BCUT2D eigenvalue weighted by molar-refractivity contribution is -0.117. The van der Waals surface area contributed by atoms with Crippen molar-refractivity contribution in [2.45, 2.75) is 25.9 Å². The minimum absolute atomic E-state index is 0.292. The van der Waals surface area contributed by atoms with E-state index in [0.717, 1.165) is 16.9 Å². The number of carbonyl (C=O) groups is 2. The molecule has 0 aromatic heterocycles. The van der Waals surface area contributed by atoms with E-state index in [-0.39, 0.29) is 11.9 Å². The predicted octanol–water partition coefficient (Wildman–Crippen LogP) is 4.59. The van der Waals surface area contributed by atoms with Crippen LogP contribution in [0.5, 0.6) is 23.0 Å². The van der Waals surface area contributed by atoms with Gasteiger partial charge < -0.3 is 29.7 Å². The zero-order valence-corrected chi connectivity index (χ0v) is 20.0. The van der Waals surface area contributed by atoms with Gasteiger partial charge in [-0.1, -0.05) is 18.2 Å². The molecule has 1 aliphatic rings. The van der Waals surface area contributed by atoms with Gasteiger partial charge in [-0.3, -0.25) is 4.79 Å². The van der Waals surface area contributed by atoms with Crippen LogP contribution in [0.3, 0.4) is 0 Å². The Kier molecular flexibility index (Phi) is 7.40. The van der Waals surface area contributed by atoms with E-state index < -0.39 is 6.04 Å². The van der Waals surface area contributed by atoms with Crippen LogP contribution in [0.4, 0.5) is 10.5 Å². The molecule has 1 heterocycles. The lowest BCUT2D eigenvalue weighted by atomic mass is 9.99. The number of rotatable bonds is 7. The Bertz CT molecular complexity index is 1180. The van der Waals surface area contributed by atoms with Crippen molar-refractivity contribution in [2.24, 2.45) is 0 Å². The van der Waals surface area contributed by atoms with Crippen molar-refractivity contribution in [3.05, 3.63) is 77.9 Å². The van der Waals surface area contributed by atoms with E-state index in [1.54, 1.807) is 50.3 Å². The number of hydrogen-bond acceptors (Lipinski definition) is 5. The average molecular weight is 476 g/mol. The number of anilines is 1. The number of hydrogen-bond donors (Lipinski definition) is 2. The topological polar surface area (TPSA) is 89.1 Å². The second-order valence-electron chi connectivity index (χ2n) is 8.25. The second-order valence-corrected chi connectivity index (χ2v) is 8.25. The van der Waals surface area contributed by atoms with Crippen molar-refractivity contribution in [3.8, 4) is 23.0 Å². The molecule has 182 valence electrons. The van der Waals surface area contributed by atoms with Crippen LogP contribution in [0.25, 0.3) is 0 Å². The monoisotopic (exact) mass is 475 g/mol. The molecule has 0 unspecified atom stereocenters. The first-order valence-electron chi connectivity index (χ1n) is 11.4. The van der Waals surface area contributed by atoms with Gasteiger partial charge in [-0.05, 0) is 73.0 Å². The third kappa shape index (κ3) is 5.84. The molecule has 8 heteroatoms. The van der Waals surface area contributed by atoms with Crippen LogP contribution in [0.1, 0.15) is 18.1 Å². The molecule has 4 rings (SSSR count). The number of fused-ring (bicyclic) bond motifs is 1. The molecule has 0 fully saturated rings. The number of methoxy groups -OCH3 is 2. The number of benzene rings is 3. The van der Waals surface area contributed by atoms with Crippen LogP contribution in [-0.4, -0.2) is 43.6 Å². The van der Waals surface area contributed by atoms with Gasteiger partial charge in [0.05, 0.1) is 14.2 Å². The molecule has 2 N–H and O–H groups in total. The fourth-order valence-electron chi connectivity index (χ4n) is 3.88. The maximum absolute atomic E-state index is 12.8. The summed E-state index contributed by atoms with van der Waals surface area (Å²) in [4.78, 5) is 27.2. The van der Waals surface area contributed by atoms with E-state index in [1.807, 2.05) is 42.5 Å². The number of nitrogens with one attached hydrogen (secondary N) is 2. The third-order valence-electron chi connectivity index (χ3n) is 5.84. The quantitative estimate of drug-likeness (QED) is 0.522. The van der Waals surface area contributed by atoms with Crippen molar-refractivity contribution in [1.82, 2.24) is 10.2 Å². The maximum atomic E-state index is 12.8. The summed E-state index contributed by atoms with van der Waals surface area (Å²) < 4.78 is 16.5. The number of nitrogens with zero attached hydrogens (tertiary/aromatic N) is 1. The smallest absolute Gasteiger partial charge is 0.318 e. The van der Waals surface area contributed by atoms with Crippen molar-refractivity contribution in [2.75, 3.05) is 26.1 Å². The normalized spacial score (nSPS) is 13.3. The van der Waals surface area contributed by atoms with E-state index in [2.05, 4.69) is 10.6 Å². The minimum Gasteiger partial charge on any atom is -0.493 e. The molecule has 0 saturated carbocycles. The lowest BCUT2D eigenvalue weighted by Gasteiger charge is -2.30. The average Bonchev–Trinajstić information content (AvgIpc) is 2.89. The summed E-state index contributed by atoms with van der Waals surface area (Å²) in [6.07, 6.45) is 0.696. The maximum Gasteiger partial charge on any atom is 0.318 e. The minimum atomic E-state index is -0.713. The van der Waals surface area contributed by atoms with E-state index >= 15 is 0 Å². The van der Waals surface area contributed by atoms with Crippen LogP contribution in [0, 0.1) is 0 Å². The Hall–Kier alpha value is -4.20. The molecule has 0 aliphatic carbocycles. The molecular formula is C27H29N3O5. The van der Waals surface area contributed by atoms with Crippen molar-refractivity contribution < 1.29 is 23.8 Å². The van der Waals surface area contributed by atoms with Crippen LogP contribution < -0.4 is 24.8 Å². The molecule has 3 aromatic rings. The first-order valence-corrected chi connectivity index (χ1v) is 11.4. The highest BCUT2D eigenvalue weighted by atomic mass is 16.5. The number of urea groups is 1. The van der Waals surface area contributed by atoms with Crippen LogP contribution in [-0.2, 0) is 17.8 Å². The van der Waals surface area contributed by atoms with Gasteiger partial charge in [0.15, 0.2) is 11.5 Å². The molecule has 3 aromatic carbocycles. The van der Waals surface area contributed by atoms with Crippen molar-refractivity contribution >= 4 is 17.6 Å². The number of amides is 3. The highest BCUT2D eigenvalue weighted by Crippen LogP contribution is 2.33. The summed E-state index contributed by atoms with van der Waals surface area (Å²) in [7, 11) is 3.19. The Morgan fingerprint density at radius 1 is 0.886 bits per heavy atom. The van der Waals surface area contributed by atoms with E-state index in [4.69, 9.17) is 14.2 Å². The molecule has 1 aliphatic heterocycles. The molecule has 3 amide bonds. The number of carbonyl (C=O) groups excluding carboxylic acids is 2. The van der Waals surface area contributed by atoms with Gasteiger partial charge in [0.2, 0.25) is 5.91 Å². The predicted molar refractivity (Wildman–Crippen MR) is 133 cm³/mol. The van der Waals surface area contributed by atoms with Gasteiger partial charge in [-0.25, -0.2) is 4.79 Å². The first-order chi connectivity index (χ1) is 17.0. The fourth-order valence-corrected chi connectivity index (χ4v) is 3.88. The molecule has 0 bridgehead atoms. The zero-order chi connectivity index (χ0) is 24.8. The summed E-state index contributed by atoms with van der Waals surface area (Å²) in [6, 6.07) is 19.4. The summed E-state index contributed by atoms with van der Waals surface area (Å²) >= 11 is 0. The zero-order valence-electron chi connectivity index (χ0n) is 20.0. The highest BCUT2D eigenvalue weighted by molar-refractivity contribution is 5.96. The molecule has 0 saturated heterocycles. The highest BCUT2D eigenvalue weighted by Gasteiger charge is 2.25. The molecule has 0 spiro atoms. The molecular weight excluding hydrogens is 446 g/mol. The first kappa shape index (κ1) is 23.9. The van der Waals surface area contributed by atoms with Gasteiger partial charge in [0.25, 0.3) is 0 Å². The molecule has 35 heavy (non-hydrogen) atoms. The number of para-hydroxylation sites is 1. The van der Waals surface area contributed by atoms with Crippen molar-refractivity contribution in [1.29, 1.82) is 0 Å². The standard InChI is InChI=1S/C27H29N3O5/c1-18(26(31)29-21-9-11-23(12-10-21)35-22-7-5-4-6-8-22)28-27(32)30-14-13-19-15-24(33-2)25(34-3)16-20(19)17-30/h4-12,15-16,18H,13-14,17H2,1-3H3,(H,28,32)(H,29,31)/t18-/m0/s1. The van der Waals surface area contributed by atoms with Gasteiger partial charge in [0.1, 0.15) is 17.5 Å². The van der Waals surface area contributed by atoms with E-state index in [1.165, 1.54) is 0 Å². The summed E-state index contributed by atoms with van der Waals surface area (Å²) in [5.41, 5.74) is 2.74. The van der Waals surface area contributed by atoms with Crippen molar-refractivity contribution in [3.63, 3.8) is 0 Å². The molecule has 1 atom stereocenters. The largest absolute Gasteiger partial charge is 0.493 e. The Labute approximate surface area is 204 Å². The van der Waals surface area contributed by atoms with Crippen LogP contribution in [0.2, 0.25) is 0 Å². The summed E-state index contributed by atoms with van der Waals surface area (Å²) in [5, 5.41) is 5.62. The lowest BCUT2D eigenvalue weighted by Crippen LogP contribution is -2.49. The van der Waals surface area contributed by atoms with Gasteiger partial charge >= 0.3 is 6.03 Å². The van der Waals surface area contributed by atoms with E-state index in [0.29, 0.717) is 42.4 Å². The summed E-state index contributed by atoms with van der Waals surface area (Å²) in [5.74, 6) is 2.39. The molecule has 8 nitrogen and oxygen atoms in total. The van der Waals surface area contributed by atoms with Gasteiger partial charge in [-0.2, -0.15) is 0 Å². The number of ether oxygens (including phenoxy) is 3. The Balaban J connectivity index is 1.31. The van der Waals surface area contributed by atoms with Crippen LogP contribution in [0.15, 0.2) is 66.7 Å². The van der Waals surface area contributed by atoms with Crippen LogP contribution >= 0.6 is 0 Å². The fraction of sp³-hybridized carbons (Fsp3) is 0.259. The van der Waals surface area contributed by atoms with Gasteiger partial charge in [0, 0.05) is 18.8 Å². The Morgan fingerprint density at radius 2 is 1.51 bits per heavy atom. The SMILES string of the molecule is COc1cc2c(cc1OC)CN(C(=O)N[C@@H](C)C(=O)Nc1ccc(Oc3ccccc3)cc1)CC2. The van der Waals surface area contributed by atoms with E-state index in [9.17, 15) is 9.59 Å². The Morgan fingerprint density at radius 3 is 2.17 bits per heavy atom. The third-order valence-corrected chi connectivity index (χ3v) is 5.84. The van der Waals surface area contributed by atoms with Gasteiger partial charge in [-0.15, -0.1) is 0 Å². The molecule has 0 radical (unpaired) electrons.